The number of nitrogens with two attached hydrogens (primary N) is 1. The van der Waals surface area contributed by atoms with E-state index in [2.05, 4.69) is 67.2 Å². The van der Waals surface area contributed by atoms with Gasteiger partial charge < -0.3 is 26.0 Å². The summed E-state index contributed by atoms with van der Waals surface area (Å²) < 4.78 is 1.49. The quantitative estimate of drug-likeness (QED) is 0.145. The maximum atomic E-state index is 12.8. The van der Waals surface area contributed by atoms with E-state index in [0.717, 1.165) is 28.1 Å². The highest BCUT2D eigenvalue weighted by atomic mass is 16.3. The summed E-state index contributed by atoms with van der Waals surface area (Å²) in [5.74, 6) is 0.137. The fourth-order valence-corrected chi connectivity index (χ4v) is 4.04. The van der Waals surface area contributed by atoms with Crippen molar-refractivity contribution in [3.63, 3.8) is 0 Å². The Balaban J connectivity index is 1.63. The average molecular weight is 496 g/mol. The molecule has 190 valence electrons. The SMILES string of the molecule is C=C(Nc1cccc(-c2cn(C)c(=O)c(Nc3ccc(O)c(N)c3)n2)c1C)c1ccc(C(C)(C)C)cc1. The fraction of sp³-hybridized carbons (Fsp3) is 0.200. The molecule has 4 rings (SSSR count). The van der Waals surface area contributed by atoms with Gasteiger partial charge in [0.15, 0.2) is 5.82 Å². The molecule has 7 heteroatoms. The first-order chi connectivity index (χ1) is 17.4. The Labute approximate surface area is 217 Å². The zero-order valence-electron chi connectivity index (χ0n) is 21.9. The van der Waals surface area contributed by atoms with Gasteiger partial charge >= 0.3 is 0 Å². The van der Waals surface area contributed by atoms with Crippen molar-refractivity contribution in [2.75, 3.05) is 16.4 Å². The lowest BCUT2D eigenvalue weighted by Gasteiger charge is -2.20. The molecule has 0 saturated carbocycles. The van der Waals surface area contributed by atoms with Crippen LogP contribution in [0, 0.1) is 6.92 Å². The highest BCUT2D eigenvalue weighted by Gasteiger charge is 2.15. The van der Waals surface area contributed by atoms with Gasteiger partial charge in [-0.3, -0.25) is 4.79 Å². The third-order valence-corrected chi connectivity index (χ3v) is 6.36. The molecule has 0 amide bonds. The van der Waals surface area contributed by atoms with Crippen LogP contribution in [0.3, 0.4) is 0 Å². The number of benzene rings is 3. The van der Waals surface area contributed by atoms with Gasteiger partial charge in [-0.2, -0.15) is 0 Å². The Hall–Kier alpha value is -4.52. The minimum atomic E-state index is -0.283. The van der Waals surface area contributed by atoms with Crippen LogP contribution < -0.4 is 21.9 Å². The second-order valence-corrected chi connectivity index (χ2v) is 10.2. The van der Waals surface area contributed by atoms with E-state index in [1.807, 2.05) is 25.1 Å². The first kappa shape index (κ1) is 25.6. The van der Waals surface area contributed by atoms with Crippen LogP contribution in [0.15, 0.2) is 78.2 Å². The van der Waals surface area contributed by atoms with Gasteiger partial charge in [-0.1, -0.05) is 63.7 Å². The topological polar surface area (TPSA) is 105 Å². The molecule has 0 atom stereocenters. The van der Waals surface area contributed by atoms with Gasteiger partial charge in [-0.05, 0) is 53.3 Å². The van der Waals surface area contributed by atoms with Gasteiger partial charge in [0.25, 0.3) is 5.56 Å². The van der Waals surface area contributed by atoms with E-state index < -0.39 is 0 Å². The molecule has 0 aliphatic rings. The number of nitrogens with one attached hydrogen (secondary N) is 2. The number of rotatable bonds is 6. The molecule has 0 saturated heterocycles. The predicted octanol–water partition coefficient (Wildman–Crippen LogP) is 6.17. The largest absolute Gasteiger partial charge is 0.506 e. The zero-order valence-corrected chi connectivity index (χ0v) is 21.9. The zero-order chi connectivity index (χ0) is 26.9. The third-order valence-electron chi connectivity index (χ3n) is 6.36. The molecule has 3 aromatic carbocycles. The molecular weight excluding hydrogens is 462 g/mol. The van der Waals surface area contributed by atoms with Crippen LogP contribution in [0.1, 0.15) is 37.5 Å². The van der Waals surface area contributed by atoms with Crippen LogP contribution in [-0.2, 0) is 12.5 Å². The number of aryl methyl sites for hydroxylation is 1. The summed E-state index contributed by atoms with van der Waals surface area (Å²) in [4.78, 5) is 17.4. The number of nitrogen functional groups attached to an aromatic ring is 1. The van der Waals surface area contributed by atoms with Crippen molar-refractivity contribution < 1.29 is 5.11 Å². The highest BCUT2D eigenvalue weighted by Crippen LogP contribution is 2.31. The van der Waals surface area contributed by atoms with E-state index in [1.54, 1.807) is 25.4 Å². The van der Waals surface area contributed by atoms with E-state index in [1.165, 1.54) is 16.2 Å². The molecule has 0 bridgehead atoms. The van der Waals surface area contributed by atoms with Gasteiger partial charge in [-0.15, -0.1) is 0 Å². The molecule has 1 heterocycles. The van der Waals surface area contributed by atoms with Crippen LogP contribution in [0.4, 0.5) is 22.9 Å². The molecule has 0 unspecified atom stereocenters. The summed E-state index contributed by atoms with van der Waals surface area (Å²) >= 11 is 0. The van der Waals surface area contributed by atoms with Crippen molar-refractivity contribution in [2.24, 2.45) is 7.05 Å². The van der Waals surface area contributed by atoms with Crippen molar-refractivity contribution >= 4 is 28.6 Å². The maximum Gasteiger partial charge on any atom is 0.293 e. The molecule has 0 aliphatic heterocycles. The number of phenols is 1. The van der Waals surface area contributed by atoms with Crippen LogP contribution in [-0.4, -0.2) is 14.7 Å². The second-order valence-electron chi connectivity index (χ2n) is 10.2. The Kier molecular flexibility index (Phi) is 6.81. The summed E-state index contributed by atoms with van der Waals surface area (Å²) in [7, 11) is 1.68. The van der Waals surface area contributed by atoms with Gasteiger partial charge in [0.1, 0.15) is 5.75 Å². The Bertz CT molecular complexity index is 1530. The molecule has 0 aliphatic carbocycles. The summed E-state index contributed by atoms with van der Waals surface area (Å²) in [6.07, 6.45) is 1.71. The van der Waals surface area contributed by atoms with Crippen molar-refractivity contribution in [3.8, 4) is 17.0 Å². The van der Waals surface area contributed by atoms with Crippen LogP contribution in [0.25, 0.3) is 17.0 Å². The minimum Gasteiger partial charge on any atom is -0.506 e. The van der Waals surface area contributed by atoms with Crippen LogP contribution in [0.2, 0.25) is 0 Å². The molecule has 0 radical (unpaired) electrons. The molecule has 1 aromatic heterocycles. The lowest BCUT2D eigenvalue weighted by atomic mass is 9.86. The van der Waals surface area contributed by atoms with Gasteiger partial charge in [-0.25, -0.2) is 4.98 Å². The molecule has 4 aromatic rings. The van der Waals surface area contributed by atoms with E-state index in [0.29, 0.717) is 11.4 Å². The molecular formula is C30H33N5O2. The van der Waals surface area contributed by atoms with Crippen molar-refractivity contribution in [2.45, 2.75) is 33.1 Å². The number of phenolic OH excluding ortho intramolecular Hbond substituents is 1. The van der Waals surface area contributed by atoms with Crippen LogP contribution in [0.5, 0.6) is 5.75 Å². The van der Waals surface area contributed by atoms with Gasteiger partial charge in [0.2, 0.25) is 0 Å². The number of nitrogens with zero attached hydrogens (tertiary/aromatic N) is 2. The summed E-state index contributed by atoms with van der Waals surface area (Å²) in [5.41, 5.74) is 12.8. The Morgan fingerprint density at radius 3 is 2.43 bits per heavy atom. The Morgan fingerprint density at radius 2 is 1.78 bits per heavy atom. The predicted molar refractivity (Wildman–Crippen MR) is 153 cm³/mol. The lowest BCUT2D eigenvalue weighted by Crippen LogP contribution is -2.21. The smallest absolute Gasteiger partial charge is 0.293 e. The Morgan fingerprint density at radius 1 is 1.08 bits per heavy atom. The second kappa shape index (κ2) is 9.85. The first-order valence-corrected chi connectivity index (χ1v) is 12.0. The van der Waals surface area contributed by atoms with Crippen molar-refractivity contribution in [1.29, 1.82) is 0 Å². The summed E-state index contributed by atoms with van der Waals surface area (Å²) in [6, 6.07) is 19.0. The van der Waals surface area contributed by atoms with Crippen molar-refractivity contribution in [3.05, 3.63) is 100 Å². The fourth-order valence-electron chi connectivity index (χ4n) is 4.04. The number of aromatic nitrogens is 2. The lowest BCUT2D eigenvalue weighted by molar-refractivity contribution is 0.478. The first-order valence-electron chi connectivity index (χ1n) is 12.0. The van der Waals surface area contributed by atoms with E-state index >= 15 is 0 Å². The van der Waals surface area contributed by atoms with E-state index in [9.17, 15) is 9.90 Å². The molecule has 7 nitrogen and oxygen atoms in total. The molecule has 0 fully saturated rings. The molecule has 5 N–H and O–H groups in total. The standard InChI is InChI=1S/C30H33N5O2/c1-18-23(8-7-9-25(18)32-19(2)20-10-12-21(13-11-20)30(3,4)5)26-17-35(6)29(37)28(34-26)33-22-14-15-27(36)24(31)16-22/h7-17,32,36H,2,31H2,1,3-6H3,(H,33,34). The van der Waals surface area contributed by atoms with E-state index in [4.69, 9.17) is 5.73 Å². The summed E-state index contributed by atoms with van der Waals surface area (Å²) in [5, 5.41) is 16.2. The van der Waals surface area contributed by atoms with E-state index in [-0.39, 0.29) is 28.2 Å². The molecule has 0 spiro atoms. The van der Waals surface area contributed by atoms with Crippen molar-refractivity contribution in [1.82, 2.24) is 9.55 Å². The molecule has 37 heavy (non-hydrogen) atoms. The van der Waals surface area contributed by atoms with Crippen LogP contribution >= 0.6 is 0 Å². The highest BCUT2D eigenvalue weighted by molar-refractivity contribution is 5.81. The number of aromatic hydroxyl groups is 1. The number of anilines is 4. The maximum absolute atomic E-state index is 12.8. The number of hydrogen-bond donors (Lipinski definition) is 4. The average Bonchev–Trinajstić information content (AvgIpc) is 2.85. The normalized spacial score (nSPS) is 11.3. The number of hydrogen-bond acceptors (Lipinski definition) is 6. The van der Waals surface area contributed by atoms with Gasteiger partial charge in [0, 0.05) is 35.9 Å². The summed E-state index contributed by atoms with van der Waals surface area (Å²) in [6.45, 7) is 12.8. The third kappa shape index (κ3) is 5.51. The monoisotopic (exact) mass is 495 g/mol. The minimum absolute atomic E-state index is 0.0214. The van der Waals surface area contributed by atoms with Gasteiger partial charge in [0.05, 0.1) is 11.4 Å².